The van der Waals surface area contributed by atoms with Crippen LogP contribution in [0.4, 0.5) is 0 Å². The Morgan fingerprint density at radius 2 is 1.81 bits per heavy atom. The molecule has 88 valence electrons. The third kappa shape index (κ3) is 3.04. The number of hydrogen-bond acceptors (Lipinski definition) is 3. The molecule has 0 aliphatic rings. The SMILES string of the molecule is CCS(=O)(=O)C(I)C(=O)c1ccc(C)cc1. The van der Waals surface area contributed by atoms with Crippen molar-refractivity contribution in [2.75, 3.05) is 5.75 Å². The van der Waals surface area contributed by atoms with Crippen molar-refractivity contribution in [1.29, 1.82) is 0 Å². The number of benzene rings is 1. The molecule has 0 bridgehead atoms. The number of hydrogen-bond donors (Lipinski definition) is 0. The van der Waals surface area contributed by atoms with Crippen molar-refractivity contribution in [2.24, 2.45) is 0 Å². The summed E-state index contributed by atoms with van der Waals surface area (Å²) in [6, 6.07) is 6.92. The van der Waals surface area contributed by atoms with Crippen LogP contribution in [0.3, 0.4) is 0 Å². The topological polar surface area (TPSA) is 51.2 Å². The van der Waals surface area contributed by atoms with E-state index < -0.39 is 13.1 Å². The molecule has 16 heavy (non-hydrogen) atoms. The molecule has 0 saturated carbocycles. The number of Topliss-reactive ketones (excluding diaryl/α,β-unsaturated/α-hetero) is 1. The number of halogens is 1. The predicted octanol–water partition coefficient (Wildman–Crippen LogP) is 2.37. The molecule has 0 aromatic heterocycles. The van der Waals surface area contributed by atoms with Gasteiger partial charge in [0.25, 0.3) is 0 Å². The lowest BCUT2D eigenvalue weighted by atomic mass is 10.1. The smallest absolute Gasteiger partial charge is 0.190 e. The molecule has 0 fully saturated rings. The highest BCUT2D eigenvalue weighted by Gasteiger charge is 2.28. The number of rotatable bonds is 4. The fraction of sp³-hybridized carbons (Fsp3) is 0.364. The first kappa shape index (κ1) is 13.6. The second-order valence-corrected chi connectivity index (χ2v) is 7.96. The van der Waals surface area contributed by atoms with Gasteiger partial charge in [-0.05, 0) is 6.92 Å². The van der Waals surface area contributed by atoms with Crippen molar-refractivity contribution in [2.45, 2.75) is 17.1 Å². The largest absolute Gasteiger partial charge is 0.292 e. The molecule has 0 radical (unpaired) electrons. The van der Waals surface area contributed by atoms with Crippen molar-refractivity contribution >= 4 is 38.2 Å². The van der Waals surface area contributed by atoms with Crippen LogP contribution in [0.25, 0.3) is 0 Å². The Morgan fingerprint density at radius 3 is 2.25 bits per heavy atom. The Bertz CT molecular complexity index is 476. The highest BCUT2D eigenvalue weighted by molar-refractivity contribution is 14.1. The van der Waals surface area contributed by atoms with Gasteiger partial charge >= 0.3 is 0 Å². The van der Waals surface area contributed by atoms with Gasteiger partial charge in [-0.3, -0.25) is 4.79 Å². The maximum Gasteiger partial charge on any atom is 0.190 e. The minimum atomic E-state index is -3.32. The van der Waals surface area contributed by atoms with Gasteiger partial charge < -0.3 is 0 Å². The van der Waals surface area contributed by atoms with Crippen LogP contribution in [0, 0.1) is 6.92 Å². The van der Waals surface area contributed by atoms with Crippen molar-refractivity contribution < 1.29 is 13.2 Å². The van der Waals surface area contributed by atoms with Crippen LogP contribution in [0.15, 0.2) is 24.3 Å². The van der Waals surface area contributed by atoms with E-state index in [9.17, 15) is 13.2 Å². The molecule has 5 heteroatoms. The van der Waals surface area contributed by atoms with Gasteiger partial charge in [0.05, 0.1) is 0 Å². The molecule has 0 spiro atoms. The summed E-state index contributed by atoms with van der Waals surface area (Å²) in [5.41, 5.74) is 1.49. The van der Waals surface area contributed by atoms with Crippen LogP contribution in [0.1, 0.15) is 22.8 Å². The molecule has 0 aliphatic heterocycles. The molecule has 0 saturated heterocycles. The summed E-state index contributed by atoms with van der Waals surface area (Å²) in [6.07, 6.45) is 0. The zero-order valence-electron chi connectivity index (χ0n) is 9.10. The van der Waals surface area contributed by atoms with E-state index in [2.05, 4.69) is 0 Å². The second-order valence-electron chi connectivity index (χ2n) is 3.50. The number of alkyl halides is 1. The fourth-order valence-electron chi connectivity index (χ4n) is 1.16. The van der Waals surface area contributed by atoms with Crippen LogP contribution in [0.2, 0.25) is 0 Å². The first-order valence-corrected chi connectivity index (χ1v) is 7.81. The number of aryl methyl sites for hydroxylation is 1. The Balaban J connectivity index is 2.99. The number of sulfone groups is 1. The number of ketones is 1. The van der Waals surface area contributed by atoms with Crippen molar-refractivity contribution in [3.8, 4) is 0 Å². The van der Waals surface area contributed by atoms with E-state index in [1.54, 1.807) is 53.8 Å². The average molecular weight is 352 g/mol. The van der Waals surface area contributed by atoms with Crippen molar-refractivity contribution in [3.05, 3.63) is 35.4 Å². The van der Waals surface area contributed by atoms with Crippen molar-refractivity contribution in [1.82, 2.24) is 0 Å². The minimum Gasteiger partial charge on any atom is -0.292 e. The van der Waals surface area contributed by atoms with E-state index >= 15 is 0 Å². The Hall–Kier alpha value is -0.430. The average Bonchev–Trinajstić information content (AvgIpc) is 2.28. The monoisotopic (exact) mass is 352 g/mol. The van der Waals surface area contributed by atoms with Gasteiger partial charge in [-0.15, -0.1) is 0 Å². The normalized spacial score (nSPS) is 13.4. The molecule has 1 rings (SSSR count). The van der Waals surface area contributed by atoms with Crippen molar-refractivity contribution in [3.63, 3.8) is 0 Å². The van der Waals surface area contributed by atoms with E-state index in [-0.39, 0.29) is 11.5 Å². The molecular weight excluding hydrogens is 339 g/mol. The third-order valence-corrected chi connectivity index (χ3v) is 6.80. The van der Waals surface area contributed by atoms with E-state index in [0.717, 1.165) is 5.56 Å². The summed E-state index contributed by atoms with van der Waals surface area (Å²) in [6.45, 7) is 3.46. The minimum absolute atomic E-state index is 0.0157. The lowest BCUT2D eigenvalue weighted by Gasteiger charge is -2.08. The van der Waals surface area contributed by atoms with Gasteiger partial charge in [-0.2, -0.15) is 0 Å². The first-order chi connectivity index (χ1) is 7.38. The van der Waals surface area contributed by atoms with Gasteiger partial charge in [0.15, 0.2) is 18.9 Å². The summed E-state index contributed by atoms with van der Waals surface area (Å²) in [4.78, 5) is 11.9. The molecule has 0 heterocycles. The molecule has 1 atom stereocenters. The Labute approximate surface area is 109 Å². The molecule has 0 amide bonds. The first-order valence-electron chi connectivity index (χ1n) is 4.85. The molecule has 1 unspecified atom stereocenters. The van der Waals surface area contributed by atoms with Gasteiger partial charge in [-0.1, -0.05) is 59.3 Å². The molecule has 0 N–H and O–H groups in total. The second kappa shape index (κ2) is 5.27. The molecule has 3 nitrogen and oxygen atoms in total. The quantitative estimate of drug-likeness (QED) is 0.475. The molecular formula is C11H13IO3S. The Morgan fingerprint density at radius 1 is 1.31 bits per heavy atom. The lowest BCUT2D eigenvalue weighted by molar-refractivity contribution is 0.101. The van der Waals surface area contributed by atoms with Gasteiger partial charge in [0, 0.05) is 11.3 Å². The third-order valence-electron chi connectivity index (χ3n) is 2.26. The van der Waals surface area contributed by atoms with Crippen LogP contribution in [-0.4, -0.2) is 23.2 Å². The molecule has 0 aliphatic carbocycles. The summed E-state index contributed by atoms with van der Waals surface area (Å²) >= 11 is 1.69. The summed E-state index contributed by atoms with van der Waals surface area (Å²) in [5.74, 6) is -0.361. The van der Waals surface area contributed by atoms with E-state index in [0.29, 0.717) is 5.56 Å². The summed E-state index contributed by atoms with van der Waals surface area (Å²) in [5, 5.41) is 0. The number of carbonyl (C=O) groups excluding carboxylic acids is 1. The van der Waals surface area contributed by atoms with Crippen LogP contribution in [-0.2, 0) is 9.84 Å². The van der Waals surface area contributed by atoms with Gasteiger partial charge in [0.1, 0.15) is 0 Å². The lowest BCUT2D eigenvalue weighted by Crippen LogP contribution is -2.25. The number of carbonyl (C=O) groups is 1. The summed E-state index contributed by atoms with van der Waals surface area (Å²) < 4.78 is 22.1. The van der Waals surface area contributed by atoms with Gasteiger partial charge in [-0.25, -0.2) is 8.42 Å². The van der Waals surface area contributed by atoms with Crippen LogP contribution >= 0.6 is 22.6 Å². The standard InChI is InChI=1S/C11H13IO3S/c1-3-16(14,15)11(12)10(13)9-6-4-8(2)5-7-9/h4-7,11H,3H2,1-2H3. The van der Waals surface area contributed by atoms with E-state index in [4.69, 9.17) is 0 Å². The Kier molecular flexibility index (Phi) is 4.49. The fourth-order valence-corrected chi connectivity index (χ4v) is 3.35. The molecule has 1 aromatic carbocycles. The van der Waals surface area contributed by atoms with E-state index in [1.165, 1.54) is 0 Å². The van der Waals surface area contributed by atoms with Crippen LogP contribution in [0.5, 0.6) is 0 Å². The predicted molar refractivity (Wildman–Crippen MR) is 72.8 cm³/mol. The molecule has 1 aromatic rings. The highest BCUT2D eigenvalue weighted by atomic mass is 127. The highest BCUT2D eigenvalue weighted by Crippen LogP contribution is 2.17. The maximum absolute atomic E-state index is 11.9. The zero-order chi connectivity index (χ0) is 12.3. The summed E-state index contributed by atoms with van der Waals surface area (Å²) in [7, 11) is -3.32. The zero-order valence-corrected chi connectivity index (χ0v) is 12.1. The van der Waals surface area contributed by atoms with E-state index in [1.807, 2.05) is 6.92 Å². The maximum atomic E-state index is 11.9. The van der Waals surface area contributed by atoms with Gasteiger partial charge in [0.2, 0.25) is 0 Å². The van der Waals surface area contributed by atoms with Crippen LogP contribution < -0.4 is 0 Å².